The van der Waals surface area contributed by atoms with Gasteiger partial charge in [0.25, 0.3) is 0 Å². The summed E-state index contributed by atoms with van der Waals surface area (Å²) in [6.45, 7) is 6.96. The van der Waals surface area contributed by atoms with Crippen LogP contribution < -0.4 is 0 Å². The molecule has 1 N–H and O–H groups in total. The van der Waals surface area contributed by atoms with E-state index in [1.165, 1.54) is 22.9 Å². The van der Waals surface area contributed by atoms with E-state index >= 15 is 0 Å². The van der Waals surface area contributed by atoms with E-state index in [1.54, 1.807) is 11.1 Å². The predicted molar refractivity (Wildman–Crippen MR) is 69.1 cm³/mol. The summed E-state index contributed by atoms with van der Waals surface area (Å²) in [7, 11) is 0. The number of hydrogen-bond acceptors (Lipinski definition) is 0. The molecule has 0 fully saturated rings. The zero-order valence-electron chi connectivity index (χ0n) is 10.3. The van der Waals surface area contributed by atoms with Crippen LogP contribution in [0.5, 0.6) is 0 Å². The molecule has 0 spiro atoms. The summed E-state index contributed by atoms with van der Waals surface area (Å²) in [5.74, 6) is 1.43. The van der Waals surface area contributed by atoms with E-state index in [0.29, 0.717) is 5.92 Å². The fraction of sp³-hybridized carbons (Fsp3) is 0.467. The highest BCUT2D eigenvalue weighted by Gasteiger charge is 2.28. The van der Waals surface area contributed by atoms with Crippen LogP contribution in [-0.2, 0) is 6.42 Å². The van der Waals surface area contributed by atoms with Crippen molar-refractivity contribution >= 4 is 10.9 Å². The highest BCUT2D eigenvalue weighted by Crippen LogP contribution is 2.45. The zero-order valence-corrected chi connectivity index (χ0v) is 10.3. The van der Waals surface area contributed by atoms with Crippen LogP contribution in [0.2, 0.25) is 0 Å². The van der Waals surface area contributed by atoms with Gasteiger partial charge in [-0.1, -0.05) is 26.8 Å². The summed E-state index contributed by atoms with van der Waals surface area (Å²) in [6.07, 6.45) is 4.51. The van der Waals surface area contributed by atoms with Crippen molar-refractivity contribution in [3.05, 3.63) is 35.0 Å². The van der Waals surface area contributed by atoms with Crippen LogP contribution in [0.15, 0.2) is 18.3 Å². The molecule has 0 amide bonds. The molecule has 1 heterocycles. The summed E-state index contributed by atoms with van der Waals surface area (Å²) in [6, 6.07) is 4.67. The van der Waals surface area contributed by atoms with Crippen molar-refractivity contribution in [2.24, 2.45) is 0 Å². The third-order valence-electron chi connectivity index (χ3n) is 4.11. The van der Waals surface area contributed by atoms with Crippen molar-refractivity contribution in [2.75, 3.05) is 0 Å². The quantitative estimate of drug-likeness (QED) is 0.725. The summed E-state index contributed by atoms with van der Waals surface area (Å²) < 4.78 is 0. The molecule has 0 aliphatic heterocycles. The fourth-order valence-electron chi connectivity index (χ4n) is 3.35. The number of aryl methyl sites for hydroxylation is 1. The second-order valence-corrected chi connectivity index (χ2v) is 5.20. The topological polar surface area (TPSA) is 15.8 Å². The van der Waals surface area contributed by atoms with Gasteiger partial charge in [-0.2, -0.15) is 0 Å². The minimum atomic E-state index is 0.706. The molecule has 1 aliphatic carbocycles. The van der Waals surface area contributed by atoms with Crippen LogP contribution in [-0.4, -0.2) is 4.98 Å². The smallest absolute Gasteiger partial charge is 0.0494 e. The molecule has 2 atom stereocenters. The van der Waals surface area contributed by atoms with E-state index in [2.05, 4.69) is 44.1 Å². The lowest BCUT2D eigenvalue weighted by atomic mass is 9.95. The number of hydrogen-bond donors (Lipinski definition) is 1. The van der Waals surface area contributed by atoms with Crippen molar-refractivity contribution in [3.8, 4) is 0 Å². The lowest BCUT2D eigenvalue weighted by molar-refractivity contribution is 0.662. The Hall–Kier alpha value is -1.24. The summed E-state index contributed by atoms with van der Waals surface area (Å²) in [5, 5.41) is 1.43. The van der Waals surface area contributed by atoms with Gasteiger partial charge in [0.1, 0.15) is 0 Å². The molecule has 0 unspecified atom stereocenters. The van der Waals surface area contributed by atoms with Crippen LogP contribution in [0.4, 0.5) is 0 Å². The minimum Gasteiger partial charge on any atom is -0.361 e. The molecule has 1 aromatic carbocycles. The summed E-state index contributed by atoms with van der Waals surface area (Å²) >= 11 is 0. The van der Waals surface area contributed by atoms with Crippen molar-refractivity contribution in [1.29, 1.82) is 0 Å². The Kier molecular flexibility index (Phi) is 2.10. The van der Waals surface area contributed by atoms with E-state index in [1.807, 2.05) is 0 Å². The SMILES string of the molecule is CCc1cc2c(c3[nH]ccc13)[C@H](C)C[C@@H]2C. The zero-order chi connectivity index (χ0) is 11.3. The van der Waals surface area contributed by atoms with Crippen molar-refractivity contribution in [3.63, 3.8) is 0 Å². The van der Waals surface area contributed by atoms with Gasteiger partial charge in [0, 0.05) is 17.1 Å². The Balaban J connectivity index is 2.39. The molecular formula is C15H19N. The molecule has 84 valence electrons. The first-order chi connectivity index (χ1) is 7.72. The predicted octanol–water partition coefficient (Wildman–Crippen LogP) is 4.34. The van der Waals surface area contributed by atoms with Gasteiger partial charge in [0.05, 0.1) is 0 Å². The number of nitrogens with one attached hydrogen (secondary N) is 1. The Morgan fingerprint density at radius 1 is 1.31 bits per heavy atom. The van der Waals surface area contributed by atoms with Gasteiger partial charge in [0.15, 0.2) is 0 Å². The van der Waals surface area contributed by atoms with Crippen LogP contribution in [0.1, 0.15) is 55.7 Å². The molecule has 0 saturated carbocycles. The van der Waals surface area contributed by atoms with Crippen molar-refractivity contribution < 1.29 is 0 Å². The van der Waals surface area contributed by atoms with Crippen LogP contribution >= 0.6 is 0 Å². The lowest BCUT2D eigenvalue weighted by Gasteiger charge is -2.10. The first-order valence-corrected chi connectivity index (χ1v) is 6.35. The average molecular weight is 213 g/mol. The van der Waals surface area contributed by atoms with Crippen molar-refractivity contribution in [2.45, 2.75) is 45.4 Å². The maximum absolute atomic E-state index is 3.45. The van der Waals surface area contributed by atoms with E-state index in [4.69, 9.17) is 0 Å². The van der Waals surface area contributed by atoms with Crippen LogP contribution in [0.25, 0.3) is 10.9 Å². The Morgan fingerprint density at radius 2 is 2.12 bits per heavy atom. The van der Waals surface area contributed by atoms with Gasteiger partial charge < -0.3 is 4.98 Å². The number of fused-ring (bicyclic) bond motifs is 3. The van der Waals surface area contributed by atoms with Crippen LogP contribution in [0, 0.1) is 0 Å². The maximum atomic E-state index is 3.45. The fourth-order valence-corrected chi connectivity index (χ4v) is 3.35. The van der Waals surface area contributed by atoms with Gasteiger partial charge in [0.2, 0.25) is 0 Å². The average Bonchev–Trinajstić information content (AvgIpc) is 2.83. The lowest BCUT2D eigenvalue weighted by Crippen LogP contribution is -1.93. The van der Waals surface area contributed by atoms with Gasteiger partial charge in [-0.3, -0.25) is 0 Å². The first-order valence-electron chi connectivity index (χ1n) is 6.35. The third-order valence-corrected chi connectivity index (χ3v) is 4.11. The number of aromatic nitrogens is 1. The van der Waals surface area contributed by atoms with Gasteiger partial charge >= 0.3 is 0 Å². The third kappa shape index (κ3) is 1.17. The highest BCUT2D eigenvalue weighted by atomic mass is 14.7. The van der Waals surface area contributed by atoms with Gasteiger partial charge in [-0.15, -0.1) is 0 Å². The molecule has 1 aromatic heterocycles. The molecule has 3 rings (SSSR count). The minimum absolute atomic E-state index is 0.706. The largest absolute Gasteiger partial charge is 0.361 e. The molecule has 0 saturated heterocycles. The normalized spacial score (nSPS) is 23.9. The molecule has 1 nitrogen and oxygen atoms in total. The standard InChI is InChI=1S/C15H19N/c1-4-11-8-13-9(2)7-10(3)14(13)15-12(11)5-6-16-15/h5-6,8-10,16H,4,7H2,1-3H3/t9-,10+/m0/s1. The molecule has 1 aliphatic rings. The van der Waals surface area contributed by atoms with Crippen molar-refractivity contribution in [1.82, 2.24) is 4.98 Å². The molecule has 1 heteroatoms. The summed E-state index contributed by atoms with van der Waals surface area (Å²) in [4.78, 5) is 3.45. The van der Waals surface area contributed by atoms with Gasteiger partial charge in [-0.05, 0) is 47.4 Å². The number of rotatable bonds is 1. The van der Waals surface area contributed by atoms with E-state index in [-0.39, 0.29) is 0 Å². The second kappa shape index (κ2) is 3.38. The van der Waals surface area contributed by atoms with Gasteiger partial charge in [-0.25, -0.2) is 0 Å². The molecule has 16 heavy (non-hydrogen) atoms. The second-order valence-electron chi connectivity index (χ2n) is 5.20. The number of aromatic amines is 1. The molecule has 0 bridgehead atoms. The molecule has 0 radical (unpaired) electrons. The monoisotopic (exact) mass is 213 g/mol. The van der Waals surface area contributed by atoms with E-state index in [0.717, 1.165) is 12.3 Å². The first kappa shape index (κ1) is 9.95. The number of benzene rings is 1. The number of H-pyrrole nitrogens is 1. The molecule has 2 aromatic rings. The Labute approximate surface area is 96.9 Å². The maximum Gasteiger partial charge on any atom is 0.0494 e. The Bertz CT molecular complexity index is 536. The highest BCUT2D eigenvalue weighted by molar-refractivity contribution is 5.88. The Morgan fingerprint density at radius 3 is 2.88 bits per heavy atom. The molecular weight excluding hydrogens is 194 g/mol. The van der Waals surface area contributed by atoms with E-state index < -0.39 is 0 Å². The van der Waals surface area contributed by atoms with Crippen LogP contribution in [0.3, 0.4) is 0 Å². The summed E-state index contributed by atoms with van der Waals surface area (Å²) in [5.41, 5.74) is 6.05. The van der Waals surface area contributed by atoms with E-state index in [9.17, 15) is 0 Å².